The zero-order chi connectivity index (χ0) is 24.9. The minimum atomic E-state index is -0.603. The molecule has 180 valence electrons. The number of nitrogens with zero attached hydrogens (tertiary/aromatic N) is 4. The summed E-state index contributed by atoms with van der Waals surface area (Å²) >= 11 is 0. The number of amides is 1. The summed E-state index contributed by atoms with van der Waals surface area (Å²) in [5.74, 6) is 0.296. The van der Waals surface area contributed by atoms with E-state index in [9.17, 15) is 9.59 Å². The molecule has 5 aromatic rings. The molecule has 2 aromatic heterocycles. The molecule has 0 spiro atoms. The summed E-state index contributed by atoms with van der Waals surface area (Å²) in [5.41, 5.74) is 1.91. The first-order valence-corrected chi connectivity index (χ1v) is 11.7. The number of carbonyl (C=O) groups is 1. The van der Waals surface area contributed by atoms with Crippen molar-refractivity contribution in [2.45, 2.75) is 25.9 Å². The molecule has 0 aliphatic rings. The molecule has 8 heteroatoms. The third kappa shape index (κ3) is 4.61. The number of rotatable bonds is 7. The van der Waals surface area contributed by atoms with Gasteiger partial charge in [-0.2, -0.15) is 0 Å². The quantitative estimate of drug-likeness (QED) is 0.360. The number of pyridine rings is 1. The van der Waals surface area contributed by atoms with E-state index in [0.717, 1.165) is 5.56 Å². The van der Waals surface area contributed by atoms with E-state index in [1.807, 2.05) is 73.7 Å². The molecule has 0 radical (unpaired) electrons. The predicted molar refractivity (Wildman–Crippen MR) is 137 cm³/mol. The van der Waals surface area contributed by atoms with Crippen molar-refractivity contribution < 1.29 is 9.53 Å². The number of carbonyl (C=O) groups excluding carboxylic acids is 1. The number of benzene rings is 3. The van der Waals surface area contributed by atoms with Gasteiger partial charge in [0.2, 0.25) is 0 Å². The van der Waals surface area contributed by atoms with E-state index < -0.39 is 6.09 Å². The van der Waals surface area contributed by atoms with E-state index >= 15 is 0 Å². The van der Waals surface area contributed by atoms with E-state index in [1.165, 1.54) is 0 Å². The fraction of sp³-hybridized carbons (Fsp3) is 0.143. The lowest BCUT2D eigenvalue weighted by molar-refractivity contribution is 0.195. The first-order valence-electron chi connectivity index (χ1n) is 11.7. The van der Waals surface area contributed by atoms with Crippen LogP contribution < -0.4 is 15.6 Å². The Labute approximate surface area is 207 Å². The topological polar surface area (TPSA) is 91.0 Å². The van der Waals surface area contributed by atoms with Crippen molar-refractivity contribution in [3.8, 4) is 11.4 Å². The Kier molecular flexibility index (Phi) is 6.57. The summed E-state index contributed by atoms with van der Waals surface area (Å²) < 4.78 is 9.17. The van der Waals surface area contributed by atoms with Gasteiger partial charge < -0.3 is 10.1 Å². The van der Waals surface area contributed by atoms with Crippen molar-refractivity contribution >= 4 is 16.9 Å². The number of aromatic nitrogens is 4. The number of nitrogens with one attached hydrogen (secondary N) is 1. The van der Waals surface area contributed by atoms with Crippen molar-refractivity contribution in [1.82, 2.24) is 24.9 Å². The Morgan fingerprint density at radius 1 is 0.944 bits per heavy atom. The molecule has 0 bridgehead atoms. The van der Waals surface area contributed by atoms with Crippen LogP contribution in [-0.4, -0.2) is 25.7 Å². The summed E-state index contributed by atoms with van der Waals surface area (Å²) in [6, 6.07) is 25.9. The van der Waals surface area contributed by atoms with Gasteiger partial charge in [-0.05, 0) is 30.2 Å². The monoisotopic (exact) mass is 479 g/mol. The van der Waals surface area contributed by atoms with Crippen LogP contribution >= 0.6 is 0 Å². The Morgan fingerprint density at radius 3 is 2.28 bits per heavy atom. The van der Waals surface area contributed by atoms with Crippen LogP contribution in [0, 0.1) is 0 Å². The van der Waals surface area contributed by atoms with E-state index in [-0.39, 0.29) is 18.1 Å². The summed E-state index contributed by atoms with van der Waals surface area (Å²) in [4.78, 5) is 26.9. The minimum Gasteiger partial charge on any atom is -0.408 e. The van der Waals surface area contributed by atoms with Crippen LogP contribution in [0.2, 0.25) is 0 Å². The van der Waals surface area contributed by atoms with Crippen LogP contribution in [0.5, 0.6) is 5.75 Å². The van der Waals surface area contributed by atoms with Crippen LogP contribution in [0.3, 0.4) is 0 Å². The van der Waals surface area contributed by atoms with Gasteiger partial charge in [0.25, 0.3) is 5.56 Å². The maximum absolute atomic E-state index is 13.7. The molecule has 0 aliphatic heterocycles. The van der Waals surface area contributed by atoms with E-state index in [2.05, 4.69) is 15.6 Å². The van der Waals surface area contributed by atoms with Gasteiger partial charge in [0.1, 0.15) is 0 Å². The smallest absolute Gasteiger partial charge is 0.408 e. The van der Waals surface area contributed by atoms with Gasteiger partial charge in [0.05, 0.1) is 29.9 Å². The number of hydrogen-bond acceptors (Lipinski definition) is 5. The largest absolute Gasteiger partial charge is 0.413 e. The molecule has 0 unspecified atom stereocenters. The van der Waals surface area contributed by atoms with Crippen LogP contribution in [0.1, 0.15) is 30.6 Å². The van der Waals surface area contributed by atoms with Crippen LogP contribution in [-0.2, 0) is 6.54 Å². The Bertz CT molecular complexity index is 1530. The lowest BCUT2D eigenvalue weighted by atomic mass is 10.1. The first kappa shape index (κ1) is 23.0. The lowest BCUT2D eigenvalue weighted by Gasteiger charge is -2.21. The highest BCUT2D eigenvalue weighted by atomic mass is 16.6. The lowest BCUT2D eigenvalue weighted by Crippen LogP contribution is -2.32. The predicted octanol–water partition coefficient (Wildman–Crippen LogP) is 4.87. The molecule has 5 rings (SSSR count). The van der Waals surface area contributed by atoms with Gasteiger partial charge in [-0.15, -0.1) is 5.10 Å². The van der Waals surface area contributed by atoms with Crippen LogP contribution in [0.4, 0.5) is 4.79 Å². The Morgan fingerprint density at radius 2 is 1.61 bits per heavy atom. The average Bonchev–Trinajstić information content (AvgIpc) is 3.44. The van der Waals surface area contributed by atoms with Gasteiger partial charge in [-0.3, -0.25) is 9.36 Å². The molecule has 0 saturated heterocycles. The molecular formula is C28H25N5O3. The molecule has 8 nitrogen and oxygen atoms in total. The van der Waals surface area contributed by atoms with Crippen LogP contribution in [0.25, 0.3) is 16.5 Å². The molecule has 36 heavy (non-hydrogen) atoms. The number of para-hydroxylation sites is 1. The Balaban J connectivity index is 1.64. The molecule has 1 N–H and O–H groups in total. The highest BCUT2D eigenvalue weighted by Gasteiger charge is 2.23. The highest BCUT2D eigenvalue weighted by molar-refractivity contribution is 5.91. The van der Waals surface area contributed by atoms with Gasteiger partial charge in [-0.1, -0.05) is 78.9 Å². The summed E-state index contributed by atoms with van der Waals surface area (Å²) in [5, 5.41) is 11.9. The minimum absolute atomic E-state index is 0.174. The number of ether oxygens (including phenoxy) is 1. The van der Waals surface area contributed by atoms with Gasteiger partial charge in [0.15, 0.2) is 5.75 Å². The maximum Gasteiger partial charge on any atom is 0.413 e. The molecule has 0 fully saturated rings. The highest BCUT2D eigenvalue weighted by Crippen LogP contribution is 2.30. The molecule has 3 aromatic carbocycles. The zero-order valence-electron chi connectivity index (χ0n) is 19.7. The molecule has 0 saturated carbocycles. The third-order valence-corrected chi connectivity index (χ3v) is 6.03. The Hall–Kier alpha value is -4.72. The fourth-order valence-corrected chi connectivity index (χ4v) is 4.32. The van der Waals surface area contributed by atoms with E-state index in [1.54, 1.807) is 39.8 Å². The van der Waals surface area contributed by atoms with Crippen molar-refractivity contribution in [3.63, 3.8) is 0 Å². The van der Waals surface area contributed by atoms with E-state index in [0.29, 0.717) is 34.3 Å². The van der Waals surface area contributed by atoms with Crippen molar-refractivity contribution in [1.29, 1.82) is 0 Å². The second-order valence-corrected chi connectivity index (χ2v) is 8.30. The second-order valence-electron chi connectivity index (χ2n) is 8.30. The summed E-state index contributed by atoms with van der Waals surface area (Å²) in [7, 11) is 0. The average molecular weight is 480 g/mol. The first-order chi connectivity index (χ1) is 17.7. The summed E-state index contributed by atoms with van der Waals surface area (Å²) in [6.45, 7) is 2.17. The number of hydrogen-bond donors (Lipinski definition) is 1. The van der Waals surface area contributed by atoms with Crippen LogP contribution in [0.15, 0.2) is 102 Å². The second kappa shape index (κ2) is 10.3. The third-order valence-electron chi connectivity index (χ3n) is 6.03. The molecule has 0 aliphatic carbocycles. The van der Waals surface area contributed by atoms with Gasteiger partial charge in [-0.25, -0.2) is 9.48 Å². The maximum atomic E-state index is 13.7. The normalized spacial score (nSPS) is 11.8. The van der Waals surface area contributed by atoms with Crippen molar-refractivity contribution in [3.05, 3.63) is 119 Å². The zero-order valence-corrected chi connectivity index (χ0v) is 19.7. The van der Waals surface area contributed by atoms with Crippen molar-refractivity contribution in [2.75, 3.05) is 0 Å². The SMILES string of the molecule is CC[C@H](NC(=O)Oc1c(Cn2ccnn2)n(-c2ccccc2)c(=O)c2ccccc12)c1ccccc1. The van der Waals surface area contributed by atoms with Gasteiger partial charge in [0, 0.05) is 17.3 Å². The molecule has 1 atom stereocenters. The van der Waals surface area contributed by atoms with Crippen molar-refractivity contribution in [2.24, 2.45) is 0 Å². The van der Waals surface area contributed by atoms with Gasteiger partial charge >= 0.3 is 6.09 Å². The fourth-order valence-electron chi connectivity index (χ4n) is 4.32. The standard InChI is InChI=1S/C28H25N5O3/c1-2-24(20-11-5-3-6-12-20)30-28(35)36-26-22-15-9-10-16-23(22)27(34)33(21-13-7-4-8-14-21)25(26)19-32-18-17-29-31-32/h3-18,24H,2,19H2,1H3,(H,30,35)/t24-/m0/s1. The van der Waals surface area contributed by atoms with E-state index in [4.69, 9.17) is 4.74 Å². The molecular weight excluding hydrogens is 454 g/mol. The summed E-state index contributed by atoms with van der Waals surface area (Å²) in [6.07, 6.45) is 3.34. The molecule has 1 amide bonds. The number of fused-ring (bicyclic) bond motifs is 1. The molecule has 2 heterocycles.